The van der Waals surface area contributed by atoms with Crippen molar-refractivity contribution in [1.82, 2.24) is 0 Å². The minimum absolute atomic E-state index is 0.0257. The van der Waals surface area contributed by atoms with E-state index in [0.29, 0.717) is 24.1 Å². The first-order valence-corrected chi connectivity index (χ1v) is 15.4. The fourth-order valence-corrected chi connectivity index (χ4v) is 5.53. The number of rotatable bonds is 11. The number of hydrogen-bond donors (Lipinski definition) is 0. The van der Waals surface area contributed by atoms with Crippen LogP contribution in [0.15, 0.2) is 66.7 Å². The third-order valence-electron chi connectivity index (χ3n) is 7.84. The first kappa shape index (κ1) is 38.9. The molecule has 5 aromatic carbocycles. The Morgan fingerprint density at radius 3 is 1.42 bits per heavy atom. The van der Waals surface area contributed by atoms with Gasteiger partial charge >= 0.3 is 12.5 Å². The van der Waals surface area contributed by atoms with Gasteiger partial charge < -0.3 is 9.47 Å². The number of alkyl halides is 5. The third kappa shape index (κ3) is 8.52. The molecule has 0 radical (unpaired) electrons. The second-order valence-electron chi connectivity index (χ2n) is 11.6. The second-order valence-corrected chi connectivity index (χ2v) is 11.6. The number of hydrogen-bond acceptors (Lipinski definition) is 2. The van der Waals surface area contributed by atoms with Crippen LogP contribution in [0, 0.1) is 52.4 Å². The molecule has 5 rings (SSSR count). The Bertz CT molecular complexity index is 2090. The van der Waals surface area contributed by atoms with Gasteiger partial charge in [-0.05, 0) is 77.6 Å². The first-order valence-electron chi connectivity index (χ1n) is 15.4. The summed E-state index contributed by atoms with van der Waals surface area (Å²) in [5.74, 6) is -19.1. The molecule has 0 amide bonds. The zero-order valence-electron chi connectivity index (χ0n) is 26.8. The molecule has 280 valence electrons. The van der Waals surface area contributed by atoms with Crippen LogP contribution in [0.25, 0.3) is 33.4 Å². The summed E-state index contributed by atoms with van der Waals surface area (Å²) in [4.78, 5) is 0. The second kappa shape index (κ2) is 15.0. The van der Waals surface area contributed by atoms with Gasteiger partial charge in [0, 0.05) is 17.7 Å². The Labute approximate surface area is 291 Å². The molecule has 53 heavy (non-hydrogen) atoms. The number of ether oxygens (including phenoxy) is 2. The Balaban J connectivity index is 1.43. The number of aryl methyl sites for hydroxylation is 1. The van der Waals surface area contributed by atoms with Crippen LogP contribution < -0.4 is 9.47 Å². The largest absolute Gasteiger partial charge is 0.573 e. The Hall–Kier alpha value is -5.28. The van der Waals surface area contributed by atoms with Crippen molar-refractivity contribution in [3.63, 3.8) is 0 Å². The molecule has 0 fully saturated rings. The summed E-state index contributed by atoms with van der Waals surface area (Å²) in [7, 11) is 0. The lowest BCUT2D eigenvalue weighted by atomic mass is 9.94. The molecule has 0 atom stereocenters. The molecule has 5 aromatic rings. The highest BCUT2D eigenvalue weighted by molar-refractivity contribution is 5.75. The predicted octanol–water partition coefficient (Wildman–Crippen LogP) is 12.7. The summed E-state index contributed by atoms with van der Waals surface area (Å²) in [5.41, 5.74) is -5.90. The van der Waals surface area contributed by atoms with Gasteiger partial charge in [-0.1, -0.05) is 31.9 Å². The van der Waals surface area contributed by atoms with E-state index in [1.165, 1.54) is 12.1 Å². The summed E-state index contributed by atoms with van der Waals surface area (Å²) >= 11 is 0. The van der Waals surface area contributed by atoms with Gasteiger partial charge in [0.15, 0.2) is 11.6 Å². The van der Waals surface area contributed by atoms with Gasteiger partial charge in [0.1, 0.15) is 52.0 Å². The van der Waals surface area contributed by atoms with Crippen LogP contribution >= 0.6 is 0 Å². The van der Waals surface area contributed by atoms with Crippen LogP contribution in [-0.4, -0.2) is 6.36 Å². The Morgan fingerprint density at radius 1 is 0.491 bits per heavy atom. The van der Waals surface area contributed by atoms with Crippen LogP contribution in [0.1, 0.15) is 37.3 Å². The van der Waals surface area contributed by atoms with E-state index in [4.69, 9.17) is 0 Å². The van der Waals surface area contributed by atoms with Crippen LogP contribution in [0.3, 0.4) is 0 Å². The zero-order valence-corrected chi connectivity index (χ0v) is 26.8. The standard InChI is InChI=1S/C37H22F14O2/c1-2-3-4-5-17-6-7-22(23(38)8-17)18-9-24(39)32(25(40)10-18)19-11-26(41)33(27(42)12-19)20-13-28(43)34(29(44)14-20)36(47,48)52-21-15-30(45)35(31(46)16-21)53-37(49,50)51/h6-16H,2-5H2,1H3. The highest BCUT2D eigenvalue weighted by Gasteiger charge is 2.42. The van der Waals surface area contributed by atoms with E-state index in [-0.39, 0.29) is 35.4 Å². The Kier molecular flexibility index (Phi) is 11.0. The SMILES string of the molecule is CCCCCc1ccc(-c2cc(F)c(-c3cc(F)c(-c4cc(F)c(C(F)(F)Oc5cc(F)c(OC(F)(F)F)c(F)c5)c(F)c4)c(F)c3)c(F)c2)c(F)c1. The van der Waals surface area contributed by atoms with Gasteiger partial charge in [0.25, 0.3) is 0 Å². The molecule has 0 bridgehead atoms. The number of benzene rings is 5. The van der Waals surface area contributed by atoms with Gasteiger partial charge in [0.2, 0.25) is 5.75 Å². The van der Waals surface area contributed by atoms with E-state index >= 15 is 17.6 Å². The average molecular weight is 765 g/mol. The van der Waals surface area contributed by atoms with Crippen LogP contribution in [0.4, 0.5) is 61.5 Å². The van der Waals surface area contributed by atoms with E-state index in [0.717, 1.165) is 31.4 Å². The maximum atomic E-state index is 15.3. The third-order valence-corrected chi connectivity index (χ3v) is 7.84. The maximum Gasteiger partial charge on any atom is 0.573 e. The van der Waals surface area contributed by atoms with Gasteiger partial charge in [-0.25, -0.2) is 39.5 Å². The van der Waals surface area contributed by atoms with Crippen molar-refractivity contribution < 1.29 is 70.9 Å². The summed E-state index contributed by atoms with van der Waals surface area (Å²) in [6.45, 7) is 2.00. The molecule has 2 nitrogen and oxygen atoms in total. The van der Waals surface area contributed by atoms with Gasteiger partial charge in [0.05, 0.1) is 11.1 Å². The number of halogens is 14. The lowest BCUT2D eigenvalue weighted by Crippen LogP contribution is -2.25. The highest BCUT2D eigenvalue weighted by Crippen LogP contribution is 2.41. The fraction of sp³-hybridized carbons (Fsp3) is 0.189. The quantitative estimate of drug-likeness (QED) is 0.0985. The summed E-state index contributed by atoms with van der Waals surface area (Å²) in [5, 5.41) is 0. The van der Waals surface area contributed by atoms with E-state index in [9.17, 15) is 43.9 Å². The molecule has 0 aromatic heterocycles. The van der Waals surface area contributed by atoms with Gasteiger partial charge in [-0.15, -0.1) is 13.2 Å². The normalized spacial score (nSPS) is 12.0. The van der Waals surface area contributed by atoms with E-state index in [2.05, 4.69) is 9.47 Å². The molecule has 0 N–H and O–H groups in total. The van der Waals surface area contributed by atoms with Crippen molar-refractivity contribution in [3.05, 3.63) is 130 Å². The minimum atomic E-state index is -5.58. The first-order chi connectivity index (χ1) is 24.8. The smallest absolute Gasteiger partial charge is 0.429 e. The molecule has 0 aliphatic heterocycles. The van der Waals surface area contributed by atoms with Crippen molar-refractivity contribution in [1.29, 1.82) is 0 Å². The van der Waals surface area contributed by atoms with Gasteiger partial charge in [-0.3, -0.25) is 0 Å². The molecule has 0 aliphatic rings. The van der Waals surface area contributed by atoms with Gasteiger partial charge in [-0.2, -0.15) is 8.78 Å². The topological polar surface area (TPSA) is 18.5 Å². The van der Waals surface area contributed by atoms with Crippen molar-refractivity contribution >= 4 is 0 Å². The number of unbranched alkanes of at least 4 members (excludes halogenated alkanes) is 2. The average Bonchev–Trinajstić information content (AvgIpc) is 3.01. The molecule has 0 aliphatic carbocycles. The van der Waals surface area contributed by atoms with E-state index in [1.54, 1.807) is 6.07 Å². The molecule has 0 spiro atoms. The molecule has 0 saturated carbocycles. The molecule has 0 unspecified atom stereocenters. The molecule has 0 saturated heterocycles. The van der Waals surface area contributed by atoms with E-state index in [1.807, 2.05) is 6.92 Å². The van der Waals surface area contributed by atoms with E-state index < -0.39 is 104 Å². The van der Waals surface area contributed by atoms with Crippen LogP contribution in [-0.2, 0) is 12.5 Å². The highest BCUT2D eigenvalue weighted by atomic mass is 19.4. The lowest BCUT2D eigenvalue weighted by Gasteiger charge is -2.21. The van der Waals surface area contributed by atoms with Crippen LogP contribution in [0.2, 0.25) is 0 Å². The molecular formula is C37H22F14O2. The van der Waals surface area contributed by atoms with Crippen molar-refractivity contribution in [2.45, 2.75) is 45.1 Å². The monoisotopic (exact) mass is 764 g/mol. The predicted molar refractivity (Wildman–Crippen MR) is 163 cm³/mol. The van der Waals surface area contributed by atoms with Crippen molar-refractivity contribution in [3.8, 4) is 44.9 Å². The molecule has 0 heterocycles. The summed E-state index contributed by atoms with van der Waals surface area (Å²) in [6, 6.07) is 6.06. The van der Waals surface area contributed by atoms with Crippen LogP contribution in [0.5, 0.6) is 11.5 Å². The zero-order chi connectivity index (χ0) is 39.0. The van der Waals surface area contributed by atoms with Crippen molar-refractivity contribution in [2.24, 2.45) is 0 Å². The molecular weight excluding hydrogens is 742 g/mol. The molecule has 16 heteroatoms. The lowest BCUT2D eigenvalue weighted by molar-refractivity contribution is -0.276. The Morgan fingerprint density at radius 2 is 0.962 bits per heavy atom. The summed E-state index contributed by atoms with van der Waals surface area (Å²) < 4.78 is 208. The summed E-state index contributed by atoms with van der Waals surface area (Å²) in [6.07, 6.45) is -7.46. The fourth-order valence-electron chi connectivity index (χ4n) is 5.53. The maximum absolute atomic E-state index is 15.3. The minimum Gasteiger partial charge on any atom is -0.429 e. The van der Waals surface area contributed by atoms with Crippen molar-refractivity contribution in [2.75, 3.05) is 0 Å².